The van der Waals surface area contributed by atoms with Crippen molar-refractivity contribution in [3.8, 4) is 0 Å². The molecule has 1 N–H and O–H groups in total. The lowest BCUT2D eigenvalue weighted by Gasteiger charge is -2.16. The lowest BCUT2D eigenvalue weighted by Crippen LogP contribution is -2.18. The summed E-state index contributed by atoms with van der Waals surface area (Å²) in [5.74, 6) is 0.396. The zero-order valence-corrected chi connectivity index (χ0v) is 12.4. The maximum Gasteiger partial charge on any atom is 0.127 e. The second-order valence-corrected chi connectivity index (χ2v) is 5.52. The summed E-state index contributed by atoms with van der Waals surface area (Å²) < 4.78 is 13.5. The molecule has 0 fully saturated rings. The highest BCUT2D eigenvalue weighted by molar-refractivity contribution is 5.27. The van der Waals surface area contributed by atoms with Crippen LogP contribution in [0.1, 0.15) is 49.4 Å². The van der Waals surface area contributed by atoms with E-state index in [1.165, 1.54) is 17.2 Å². The van der Waals surface area contributed by atoms with Crippen molar-refractivity contribution in [3.05, 3.63) is 71.0 Å². The van der Waals surface area contributed by atoms with E-state index in [1.807, 2.05) is 12.1 Å². The largest absolute Gasteiger partial charge is 0.306 e. The summed E-state index contributed by atoms with van der Waals surface area (Å²) in [4.78, 5) is 0. The standard InChI is InChI=1S/C18H22FN/c1-13(2)15-8-10-16(11-9-15)14(3)20-12-17-6-4-5-7-18(17)19/h4-11,13-14,20H,12H2,1-3H3. The Morgan fingerprint density at radius 1 is 0.900 bits per heavy atom. The molecule has 0 radical (unpaired) electrons. The molecule has 2 aromatic rings. The third-order valence-corrected chi connectivity index (χ3v) is 3.66. The first-order valence-corrected chi connectivity index (χ1v) is 7.14. The van der Waals surface area contributed by atoms with Gasteiger partial charge in [-0.3, -0.25) is 0 Å². The Kier molecular flexibility index (Phi) is 4.91. The average molecular weight is 271 g/mol. The maximum atomic E-state index is 13.5. The van der Waals surface area contributed by atoms with Crippen LogP contribution in [0.4, 0.5) is 4.39 Å². The monoisotopic (exact) mass is 271 g/mol. The van der Waals surface area contributed by atoms with E-state index in [9.17, 15) is 4.39 Å². The van der Waals surface area contributed by atoms with Gasteiger partial charge in [0, 0.05) is 18.2 Å². The summed E-state index contributed by atoms with van der Waals surface area (Å²) in [6.45, 7) is 7.02. The molecule has 0 bridgehead atoms. The van der Waals surface area contributed by atoms with E-state index >= 15 is 0 Å². The normalized spacial score (nSPS) is 12.7. The molecule has 2 rings (SSSR count). The van der Waals surface area contributed by atoms with Crippen molar-refractivity contribution in [1.29, 1.82) is 0 Å². The first kappa shape index (κ1) is 14.7. The summed E-state index contributed by atoms with van der Waals surface area (Å²) in [6.07, 6.45) is 0. The summed E-state index contributed by atoms with van der Waals surface area (Å²) in [7, 11) is 0. The van der Waals surface area contributed by atoms with Crippen LogP contribution in [0.15, 0.2) is 48.5 Å². The van der Waals surface area contributed by atoms with Crippen LogP contribution in [0.3, 0.4) is 0 Å². The topological polar surface area (TPSA) is 12.0 Å². The van der Waals surface area contributed by atoms with Crippen molar-refractivity contribution in [3.63, 3.8) is 0 Å². The van der Waals surface area contributed by atoms with Crippen molar-refractivity contribution in [2.24, 2.45) is 0 Å². The minimum Gasteiger partial charge on any atom is -0.306 e. The predicted molar refractivity (Wildman–Crippen MR) is 82.2 cm³/mol. The number of hydrogen-bond donors (Lipinski definition) is 1. The quantitative estimate of drug-likeness (QED) is 0.823. The molecule has 0 saturated carbocycles. The fourth-order valence-electron chi connectivity index (χ4n) is 2.19. The first-order chi connectivity index (χ1) is 9.58. The van der Waals surface area contributed by atoms with Gasteiger partial charge in [0.1, 0.15) is 5.82 Å². The van der Waals surface area contributed by atoms with Gasteiger partial charge in [0.25, 0.3) is 0 Å². The van der Waals surface area contributed by atoms with E-state index in [0.717, 1.165) is 0 Å². The molecule has 1 nitrogen and oxygen atoms in total. The SMILES string of the molecule is CC(C)c1ccc(C(C)NCc2ccccc2F)cc1. The zero-order chi connectivity index (χ0) is 14.5. The van der Waals surface area contributed by atoms with Crippen LogP contribution in [0, 0.1) is 5.82 Å². The highest BCUT2D eigenvalue weighted by atomic mass is 19.1. The van der Waals surface area contributed by atoms with Gasteiger partial charge in [-0.2, -0.15) is 0 Å². The highest BCUT2D eigenvalue weighted by Crippen LogP contribution is 2.19. The van der Waals surface area contributed by atoms with Gasteiger partial charge in [-0.15, -0.1) is 0 Å². The molecule has 0 aliphatic rings. The van der Waals surface area contributed by atoms with Crippen molar-refractivity contribution in [2.75, 3.05) is 0 Å². The molecule has 0 amide bonds. The summed E-state index contributed by atoms with van der Waals surface area (Å²) in [5, 5.41) is 3.36. The van der Waals surface area contributed by atoms with E-state index in [1.54, 1.807) is 6.07 Å². The third-order valence-electron chi connectivity index (χ3n) is 3.66. The Hall–Kier alpha value is -1.67. The highest BCUT2D eigenvalue weighted by Gasteiger charge is 2.07. The fraction of sp³-hybridized carbons (Fsp3) is 0.333. The summed E-state index contributed by atoms with van der Waals surface area (Å²) >= 11 is 0. The number of rotatable bonds is 5. The van der Waals surface area contributed by atoms with E-state index in [0.29, 0.717) is 18.0 Å². The predicted octanol–water partition coefficient (Wildman–Crippen LogP) is 4.80. The molecule has 0 aliphatic heterocycles. The Balaban J connectivity index is 1.98. The molecule has 1 unspecified atom stereocenters. The molecule has 106 valence electrons. The molecule has 0 heterocycles. The summed E-state index contributed by atoms with van der Waals surface area (Å²) in [5.41, 5.74) is 3.28. The van der Waals surface area contributed by atoms with Gasteiger partial charge < -0.3 is 5.32 Å². The van der Waals surface area contributed by atoms with Gasteiger partial charge in [-0.05, 0) is 30.0 Å². The van der Waals surface area contributed by atoms with Crippen molar-refractivity contribution >= 4 is 0 Å². The molecule has 2 heteroatoms. The molecule has 0 saturated heterocycles. The molecule has 0 aromatic heterocycles. The second kappa shape index (κ2) is 6.67. The number of hydrogen-bond acceptors (Lipinski definition) is 1. The van der Waals surface area contributed by atoms with E-state index < -0.39 is 0 Å². The number of halogens is 1. The minimum atomic E-state index is -0.151. The van der Waals surface area contributed by atoms with E-state index in [4.69, 9.17) is 0 Å². The smallest absolute Gasteiger partial charge is 0.127 e. The van der Waals surface area contributed by atoms with Gasteiger partial charge in [0.2, 0.25) is 0 Å². The number of benzene rings is 2. The molecule has 0 spiro atoms. The second-order valence-electron chi connectivity index (χ2n) is 5.52. The fourth-order valence-corrected chi connectivity index (χ4v) is 2.19. The third kappa shape index (κ3) is 3.67. The molecular formula is C18H22FN. The van der Waals surface area contributed by atoms with Gasteiger partial charge in [0.15, 0.2) is 0 Å². The Morgan fingerprint density at radius 2 is 1.50 bits per heavy atom. The first-order valence-electron chi connectivity index (χ1n) is 7.14. The van der Waals surface area contributed by atoms with Gasteiger partial charge >= 0.3 is 0 Å². The summed E-state index contributed by atoms with van der Waals surface area (Å²) in [6, 6.07) is 15.7. The van der Waals surface area contributed by atoms with Crippen LogP contribution in [0.5, 0.6) is 0 Å². The molecule has 20 heavy (non-hydrogen) atoms. The van der Waals surface area contributed by atoms with E-state index in [2.05, 4.69) is 50.4 Å². The Bertz CT molecular complexity index is 546. The van der Waals surface area contributed by atoms with Gasteiger partial charge in [-0.25, -0.2) is 4.39 Å². The van der Waals surface area contributed by atoms with Crippen LogP contribution in [-0.4, -0.2) is 0 Å². The molecule has 2 aromatic carbocycles. The van der Waals surface area contributed by atoms with Crippen LogP contribution in [0.25, 0.3) is 0 Å². The van der Waals surface area contributed by atoms with Crippen LogP contribution in [-0.2, 0) is 6.54 Å². The Morgan fingerprint density at radius 3 is 2.10 bits per heavy atom. The van der Waals surface area contributed by atoms with E-state index in [-0.39, 0.29) is 11.9 Å². The average Bonchev–Trinajstić information content (AvgIpc) is 2.46. The molecule has 1 atom stereocenters. The molecular weight excluding hydrogens is 249 g/mol. The minimum absolute atomic E-state index is 0.151. The van der Waals surface area contributed by atoms with Gasteiger partial charge in [-0.1, -0.05) is 56.3 Å². The maximum absolute atomic E-state index is 13.5. The van der Waals surface area contributed by atoms with Crippen molar-refractivity contribution in [2.45, 2.75) is 39.3 Å². The zero-order valence-electron chi connectivity index (χ0n) is 12.4. The Labute approximate surface area is 120 Å². The molecule has 0 aliphatic carbocycles. The van der Waals surface area contributed by atoms with Crippen molar-refractivity contribution in [1.82, 2.24) is 5.32 Å². The van der Waals surface area contributed by atoms with Crippen LogP contribution in [0.2, 0.25) is 0 Å². The lowest BCUT2D eigenvalue weighted by atomic mass is 9.99. The number of nitrogens with one attached hydrogen (secondary N) is 1. The lowest BCUT2D eigenvalue weighted by molar-refractivity contribution is 0.544. The van der Waals surface area contributed by atoms with Crippen LogP contribution >= 0.6 is 0 Å². The van der Waals surface area contributed by atoms with Crippen molar-refractivity contribution < 1.29 is 4.39 Å². The van der Waals surface area contributed by atoms with Crippen LogP contribution < -0.4 is 5.32 Å². The van der Waals surface area contributed by atoms with Gasteiger partial charge in [0.05, 0.1) is 0 Å².